The summed E-state index contributed by atoms with van der Waals surface area (Å²) in [4.78, 5) is 5.93. The van der Waals surface area contributed by atoms with E-state index in [0.29, 0.717) is 0 Å². The molecular formula is C10H18N2S. The van der Waals surface area contributed by atoms with E-state index in [1.54, 1.807) is 0 Å². The minimum atomic E-state index is 0.930. The first-order valence-electron chi connectivity index (χ1n) is 4.93. The monoisotopic (exact) mass is 198 g/mol. The predicted octanol–water partition coefficient (Wildman–Crippen LogP) is 2.51. The molecule has 0 aliphatic rings. The van der Waals surface area contributed by atoms with Crippen LogP contribution in [0.2, 0.25) is 0 Å². The molecule has 2 nitrogen and oxygen atoms in total. The third-order valence-corrected chi connectivity index (χ3v) is 3.26. The molecule has 74 valence electrons. The van der Waals surface area contributed by atoms with Crippen molar-refractivity contribution in [1.29, 1.82) is 0 Å². The van der Waals surface area contributed by atoms with E-state index in [0.717, 1.165) is 19.5 Å². The van der Waals surface area contributed by atoms with Gasteiger partial charge in [0.15, 0.2) is 0 Å². The minimum Gasteiger partial charge on any atom is -0.310 e. The van der Waals surface area contributed by atoms with Crippen molar-refractivity contribution < 1.29 is 0 Å². The molecule has 3 heteroatoms. The van der Waals surface area contributed by atoms with Crippen molar-refractivity contribution >= 4 is 11.3 Å². The zero-order valence-corrected chi connectivity index (χ0v) is 9.50. The number of nitrogens with zero attached hydrogens (tertiary/aromatic N) is 1. The zero-order valence-electron chi connectivity index (χ0n) is 8.68. The number of aryl methyl sites for hydroxylation is 2. The lowest BCUT2D eigenvalue weighted by Crippen LogP contribution is -2.13. The predicted molar refractivity (Wildman–Crippen MR) is 58.2 cm³/mol. The molecular weight excluding hydrogens is 180 g/mol. The Balaban J connectivity index is 2.48. The lowest BCUT2D eigenvalue weighted by Gasteiger charge is -1.97. The molecule has 0 fully saturated rings. The molecule has 0 aliphatic heterocycles. The van der Waals surface area contributed by atoms with E-state index in [1.807, 2.05) is 11.3 Å². The van der Waals surface area contributed by atoms with Crippen LogP contribution in [-0.4, -0.2) is 11.5 Å². The van der Waals surface area contributed by atoms with Gasteiger partial charge in [-0.1, -0.05) is 13.8 Å². The molecule has 0 radical (unpaired) electrons. The summed E-state index contributed by atoms with van der Waals surface area (Å²) < 4.78 is 0. The van der Waals surface area contributed by atoms with Crippen molar-refractivity contribution in [2.45, 2.75) is 40.2 Å². The highest BCUT2D eigenvalue weighted by Crippen LogP contribution is 2.17. The average molecular weight is 198 g/mol. The first-order chi connectivity index (χ1) is 6.27. The van der Waals surface area contributed by atoms with Gasteiger partial charge in [0.25, 0.3) is 0 Å². The first-order valence-corrected chi connectivity index (χ1v) is 5.75. The molecule has 0 atom stereocenters. The van der Waals surface area contributed by atoms with Crippen molar-refractivity contribution in [2.75, 3.05) is 6.54 Å². The Kier molecular flexibility index (Phi) is 4.39. The molecule has 0 saturated heterocycles. The van der Waals surface area contributed by atoms with Crippen LogP contribution in [0, 0.1) is 6.92 Å². The molecule has 1 rings (SSSR count). The Bertz CT molecular complexity index is 255. The van der Waals surface area contributed by atoms with Gasteiger partial charge in [-0.3, -0.25) is 0 Å². The molecule has 0 amide bonds. The van der Waals surface area contributed by atoms with Crippen LogP contribution in [0.3, 0.4) is 0 Å². The van der Waals surface area contributed by atoms with Gasteiger partial charge in [0.1, 0.15) is 5.01 Å². The Hall–Kier alpha value is -0.410. The number of nitrogens with one attached hydrogen (secondary N) is 1. The molecule has 0 saturated carbocycles. The van der Waals surface area contributed by atoms with Gasteiger partial charge in [0.05, 0.1) is 5.69 Å². The van der Waals surface area contributed by atoms with Crippen LogP contribution >= 0.6 is 11.3 Å². The van der Waals surface area contributed by atoms with Crippen molar-refractivity contribution in [2.24, 2.45) is 0 Å². The molecule has 0 bridgehead atoms. The topological polar surface area (TPSA) is 24.9 Å². The van der Waals surface area contributed by atoms with Crippen molar-refractivity contribution in [3.8, 4) is 0 Å². The van der Waals surface area contributed by atoms with Crippen LogP contribution in [0.4, 0.5) is 0 Å². The fourth-order valence-corrected chi connectivity index (χ4v) is 2.24. The number of hydrogen-bond donors (Lipinski definition) is 1. The van der Waals surface area contributed by atoms with Crippen LogP contribution in [-0.2, 0) is 13.0 Å². The smallest absolute Gasteiger partial charge is 0.107 e. The minimum absolute atomic E-state index is 0.930. The molecule has 13 heavy (non-hydrogen) atoms. The SMILES string of the molecule is CCCNCc1nc(C)c(CC)s1. The standard InChI is InChI=1S/C10H18N2S/c1-4-6-11-7-10-12-8(3)9(5-2)13-10/h11H,4-7H2,1-3H3. The fourth-order valence-electron chi connectivity index (χ4n) is 1.26. The number of rotatable bonds is 5. The molecule has 1 aromatic rings. The maximum Gasteiger partial charge on any atom is 0.107 e. The number of thiazole rings is 1. The van der Waals surface area contributed by atoms with E-state index in [4.69, 9.17) is 0 Å². The zero-order chi connectivity index (χ0) is 9.68. The average Bonchev–Trinajstić information content (AvgIpc) is 2.47. The lowest BCUT2D eigenvalue weighted by molar-refractivity contribution is 0.672. The summed E-state index contributed by atoms with van der Waals surface area (Å²) in [6, 6.07) is 0. The van der Waals surface area contributed by atoms with Crippen LogP contribution in [0.5, 0.6) is 0 Å². The molecule has 0 aliphatic carbocycles. The third-order valence-electron chi connectivity index (χ3n) is 1.96. The second-order valence-corrected chi connectivity index (χ2v) is 4.31. The summed E-state index contributed by atoms with van der Waals surface area (Å²) in [6.45, 7) is 8.47. The van der Waals surface area contributed by atoms with E-state index in [9.17, 15) is 0 Å². The van der Waals surface area contributed by atoms with Gasteiger partial charge in [-0.15, -0.1) is 11.3 Å². The Labute approximate surface area is 84.4 Å². The van der Waals surface area contributed by atoms with E-state index in [1.165, 1.54) is 22.0 Å². The Morgan fingerprint density at radius 1 is 1.38 bits per heavy atom. The summed E-state index contributed by atoms with van der Waals surface area (Å²) in [5.74, 6) is 0. The van der Waals surface area contributed by atoms with Crippen LogP contribution in [0.1, 0.15) is 35.8 Å². The molecule has 0 unspecified atom stereocenters. The van der Waals surface area contributed by atoms with Gasteiger partial charge in [-0.2, -0.15) is 0 Å². The Morgan fingerprint density at radius 2 is 2.15 bits per heavy atom. The third kappa shape index (κ3) is 3.08. The quantitative estimate of drug-likeness (QED) is 0.735. The Morgan fingerprint density at radius 3 is 2.69 bits per heavy atom. The highest BCUT2D eigenvalue weighted by atomic mass is 32.1. The summed E-state index contributed by atoms with van der Waals surface area (Å²) >= 11 is 1.84. The first kappa shape index (κ1) is 10.7. The van der Waals surface area contributed by atoms with Crippen molar-refractivity contribution in [3.05, 3.63) is 15.6 Å². The van der Waals surface area contributed by atoms with Crippen molar-refractivity contribution in [3.63, 3.8) is 0 Å². The largest absolute Gasteiger partial charge is 0.310 e. The van der Waals surface area contributed by atoms with Crippen LogP contribution in [0.25, 0.3) is 0 Å². The second-order valence-electron chi connectivity index (χ2n) is 3.15. The van der Waals surface area contributed by atoms with Gasteiger partial charge >= 0.3 is 0 Å². The van der Waals surface area contributed by atoms with Gasteiger partial charge in [-0.05, 0) is 26.3 Å². The number of hydrogen-bond acceptors (Lipinski definition) is 3. The van der Waals surface area contributed by atoms with E-state index >= 15 is 0 Å². The van der Waals surface area contributed by atoms with E-state index in [-0.39, 0.29) is 0 Å². The van der Waals surface area contributed by atoms with E-state index in [2.05, 4.69) is 31.1 Å². The molecule has 1 aromatic heterocycles. The fraction of sp³-hybridized carbons (Fsp3) is 0.700. The second kappa shape index (κ2) is 5.35. The summed E-state index contributed by atoms with van der Waals surface area (Å²) in [7, 11) is 0. The van der Waals surface area contributed by atoms with E-state index < -0.39 is 0 Å². The highest BCUT2D eigenvalue weighted by molar-refractivity contribution is 7.11. The number of aromatic nitrogens is 1. The van der Waals surface area contributed by atoms with Crippen molar-refractivity contribution in [1.82, 2.24) is 10.3 Å². The normalized spacial score (nSPS) is 10.7. The molecule has 1 heterocycles. The van der Waals surface area contributed by atoms with Gasteiger partial charge < -0.3 is 5.32 Å². The molecule has 0 spiro atoms. The van der Waals surface area contributed by atoms with Gasteiger partial charge in [0.2, 0.25) is 0 Å². The van der Waals surface area contributed by atoms with Gasteiger partial charge in [-0.25, -0.2) is 4.98 Å². The summed E-state index contributed by atoms with van der Waals surface area (Å²) in [5, 5.41) is 4.59. The molecule has 0 aromatic carbocycles. The van der Waals surface area contributed by atoms with Crippen LogP contribution in [0.15, 0.2) is 0 Å². The molecule has 1 N–H and O–H groups in total. The highest BCUT2D eigenvalue weighted by Gasteiger charge is 2.04. The maximum absolute atomic E-state index is 4.51. The van der Waals surface area contributed by atoms with Crippen LogP contribution < -0.4 is 5.32 Å². The summed E-state index contributed by atoms with van der Waals surface area (Å²) in [6.07, 6.45) is 2.29. The maximum atomic E-state index is 4.51. The summed E-state index contributed by atoms with van der Waals surface area (Å²) in [5.41, 5.74) is 1.21. The lowest BCUT2D eigenvalue weighted by atomic mass is 10.3. The van der Waals surface area contributed by atoms with Gasteiger partial charge in [0, 0.05) is 11.4 Å².